The molecule has 206 valence electrons. The lowest BCUT2D eigenvalue weighted by atomic mass is 9.91. The lowest BCUT2D eigenvalue weighted by Gasteiger charge is -2.28. The first-order valence-electron chi connectivity index (χ1n) is 14.1. The number of nitrogens with one attached hydrogen (secondary N) is 2. The fraction of sp³-hybridized carbons (Fsp3) is 0.452. The van der Waals surface area contributed by atoms with Crippen LogP contribution in [0, 0.1) is 25.0 Å². The minimum Gasteiger partial charge on any atom is -0.618 e. The Balaban J connectivity index is 1.35. The minimum atomic E-state index is -0.606. The Morgan fingerprint density at radius 3 is 2.41 bits per heavy atom. The topological polar surface area (TPSA) is 93.3 Å². The molecule has 8 heteroatoms. The third-order valence-corrected chi connectivity index (χ3v) is 8.37. The molecule has 0 radical (unpaired) electrons. The van der Waals surface area contributed by atoms with Gasteiger partial charge < -0.3 is 20.4 Å². The number of hydrogen-bond donors (Lipinski definition) is 2. The van der Waals surface area contributed by atoms with E-state index in [-0.39, 0.29) is 17.7 Å². The molecule has 39 heavy (non-hydrogen) atoms. The van der Waals surface area contributed by atoms with E-state index in [1.807, 2.05) is 56.3 Å². The van der Waals surface area contributed by atoms with E-state index in [1.165, 1.54) is 19.0 Å². The Morgan fingerprint density at radius 1 is 0.974 bits per heavy atom. The number of pyridine rings is 1. The maximum atomic E-state index is 13.7. The second kappa shape index (κ2) is 11.6. The first-order valence-corrected chi connectivity index (χ1v) is 14.1. The molecule has 1 aromatic carbocycles. The minimum absolute atomic E-state index is 0.0970. The van der Waals surface area contributed by atoms with Crippen LogP contribution in [-0.2, 0) is 17.9 Å². The number of fused-ring (bicyclic) bond motifs is 1. The third-order valence-electron chi connectivity index (χ3n) is 8.37. The Labute approximate surface area is 230 Å². The lowest BCUT2D eigenvalue weighted by Crippen LogP contribution is -2.49. The molecule has 2 aliphatic rings. The van der Waals surface area contributed by atoms with Crippen molar-refractivity contribution < 1.29 is 14.3 Å². The van der Waals surface area contributed by atoms with Crippen LogP contribution in [0.2, 0.25) is 0 Å². The summed E-state index contributed by atoms with van der Waals surface area (Å²) in [4.78, 5) is 29.4. The Hall–Kier alpha value is -3.65. The number of likely N-dealkylation sites (N-methyl/N-ethyl adjacent to an activating group) is 1. The number of benzene rings is 1. The molecule has 1 atom stereocenters. The molecule has 5 rings (SSSR count). The van der Waals surface area contributed by atoms with Crippen molar-refractivity contribution in [3.63, 3.8) is 0 Å². The van der Waals surface area contributed by atoms with Crippen molar-refractivity contribution in [3.05, 3.63) is 76.5 Å². The molecule has 1 aliphatic carbocycles. The van der Waals surface area contributed by atoms with Crippen LogP contribution in [0.15, 0.2) is 48.7 Å². The first kappa shape index (κ1) is 26.9. The summed E-state index contributed by atoms with van der Waals surface area (Å²) < 4.78 is 2.95. The van der Waals surface area contributed by atoms with Crippen molar-refractivity contribution in [2.45, 2.75) is 71.5 Å². The number of nitrogens with zero attached hydrogens (tertiary/aromatic N) is 3. The summed E-state index contributed by atoms with van der Waals surface area (Å²) in [6, 6.07) is 12.7. The van der Waals surface area contributed by atoms with Crippen LogP contribution in [-0.4, -0.2) is 40.9 Å². The van der Waals surface area contributed by atoms with Gasteiger partial charge in [0.15, 0.2) is 11.9 Å². The Bertz CT molecular complexity index is 1340. The van der Waals surface area contributed by atoms with Crippen LogP contribution < -0.4 is 15.4 Å². The Kier molecular flexibility index (Phi) is 8.02. The Morgan fingerprint density at radius 2 is 1.69 bits per heavy atom. The van der Waals surface area contributed by atoms with Gasteiger partial charge in [-0.25, -0.2) is 0 Å². The molecule has 1 saturated carbocycles. The van der Waals surface area contributed by atoms with Crippen molar-refractivity contribution >= 4 is 17.5 Å². The van der Waals surface area contributed by atoms with E-state index in [0.29, 0.717) is 17.1 Å². The highest BCUT2D eigenvalue weighted by atomic mass is 16.5. The van der Waals surface area contributed by atoms with Crippen LogP contribution >= 0.6 is 0 Å². The smallest absolute Gasteiger partial charge is 0.268 e. The molecule has 8 nitrogen and oxygen atoms in total. The number of anilines is 1. The van der Waals surface area contributed by atoms with Crippen molar-refractivity contribution in [3.8, 4) is 11.1 Å². The van der Waals surface area contributed by atoms with Gasteiger partial charge in [0.1, 0.15) is 11.7 Å². The molecule has 2 N–H and O–H groups in total. The molecule has 2 amide bonds. The number of hydrogen-bond acceptors (Lipinski definition) is 4. The van der Waals surface area contributed by atoms with Crippen molar-refractivity contribution in [1.82, 2.24) is 14.8 Å². The highest BCUT2D eigenvalue weighted by molar-refractivity contribution is 6.01. The van der Waals surface area contributed by atoms with Gasteiger partial charge in [-0.2, -0.15) is 4.73 Å². The average Bonchev–Trinajstić information content (AvgIpc) is 3.15. The predicted octanol–water partition coefficient (Wildman–Crippen LogP) is 4.56. The van der Waals surface area contributed by atoms with E-state index in [2.05, 4.69) is 27.1 Å². The predicted molar refractivity (Wildman–Crippen MR) is 152 cm³/mol. The second-order valence-electron chi connectivity index (χ2n) is 11.2. The highest BCUT2D eigenvalue weighted by Crippen LogP contribution is 2.29. The summed E-state index contributed by atoms with van der Waals surface area (Å²) in [7, 11) is 2.08. The summed E-state index contributed by atoms with van der Waals surface area (Å²) in [5, 5.41) is 18.3. The number of rotatable bonds is 6. The molecule has 1 aliphatic heterocycles. The van der Waals surface area contributed by atoms with Crippen LogP contribution in [0.5, 0.6) is 0 Å². The third kappa shape index (κ3) is 5.86. The molecular formula is C31H39N5O3. The highest BCUT2D eigenvalue weighted by Gasteiger charge is 2.32. The zero-order valence-electron chi connectivity index (χ0n) is 23.2. The van der Waals surface area contributed by atoms with Crippen LogP contribution in [0.4, 0.5) is 5.69 Å². The summed E-state index contributed by atoms with van der Waals surface area (Å²) in [5.41, 5.74) is 5.89. The summed E-state index contributed by atoms with van der Waals surface area (Å²) in [6.45, 7) is 6.26. The van der Waals surface area contributed by atoms with Gasteiger partial charge >= 0.3 is 0 Å². The average molecular weight is 530 g/mol. The molecule has 3 aromatic rings. The van der Waals surface area contributed by atoms with Gasteiger partial charge in [0.2, 0.25) is 5.91 Å². The SMILES string of the molecule is Cc1cc[n+]([O-])c(C)c1-c1ccc(NC(=O)[C@@H](NC(=O)c2ccc3n2CCN(C)C3)C2CCCCCC2)cc1. The van der Waals surface area contributed by atoms with Crippen LogP contribution in [0.25, 0.3) is 11.1 Å². The largest absolute Gasteiger partial charge is 0.618 e. The number of carbonyl (C=O) groups is 2. The van der Waals surface area contributed by atoms with E-state index in [9.17, 15) is 14.8 Å². The quantitative estimate of drug-likeness (QED) is 0.278. The molecule has 3 heterocycles. The molecule has 0 unspecified atom stereocenters. The summed E-state index contributed by atoms with van der Waals surface area (Å²) in [5.74, 6) is -0.274. The van der Waals surface area contributed by atoms with Gasteiger partial charge in [-0.15, -0.1) is 0 Å². The maximum absolute atomic E-state index is 13.7. The van der Waals surface area contributed by atoms with E-state index in [1.54, 1.807) is 0 Å². The fourth-order valence-electron chi connectivity index (χ4n) is 6.14. The van der Waals surface area contributed by atoms with E-state index < -0.39 is 6.04 Å². The summed E-state index contributed by atoms with van der Waals surface area (Å²) in [6.07, 6.45) is 7.85. The molecule has 0 spiro atoms. The molecule has 0 bridgehead atoms. The molecule has 1 fully saturated rings. The normalized spacial score (nSPS) is 17.2. The van der Waals surface area contributed by atoms with Gasteiger partial charge in [0.25, 0.3) is 5.91 Å². The van der Waals surface area contributed by atoms with Crippen molar-refractivity contribution in [1.29, 1.82) is 0 Å². The van der Waals surface area contributed by atoms with Gasteiger partial charge in [-0.3, -0.25) is 14.5 Å². The molecule has 0 saturated heterocycles. The number of aryl methyl sites for hydroxylation is 1. The van der Waals surface area contributed by atoms with E-state index in [0.717, 1.165) is 72.4 Å². The number of amides is 2. The fourth-order valence-corrected chi connectivity index (χ4v) is 6.14. The number of aromatic nitrogens is 2. The maximum Gasteiger partial charge on any atom is 0.268 e. The van der Waals surface area contributed by atoms with E-state index in [4.69, 9.17) is 0 Å². The monoisotopic (exact) mass is 529 g/mol. The van der Waals surface area contributed by atoms with Gasteiger partial charge in [0.05, 0.1) is 5.56 Å². The zero-order valence-corrected chi connectivity index (χ0v) is 23.2. The molecular weight excluding hydrogens is 490 g/mol. The van der Waals surface area contributed by atoms with Gasteiger partial charge in [0, 0.05) is 44.0 Å². The summed E-state index contributed by atoms with van der Waals surface area (Å²) >= 11 is 0. The number of carbonyl (C=O) groups excluding carboxylic acids is 2. The standard InChI is InChI=1S/C31H39N5O3/c1-21-16-17-36(39)22(2)28(21)23-10-12-25(13-11-23)32-31(38)29(24-8-6-4-5-7-9-24)33-30(37)27-15-14-26-20-34(3)18-19-35(26)27/h10-17,24,29H,4-9,18-20H2,1-3H3,(H,32,38)(H,33,37)/t29-/m0/s1. The first-order chi connectivity index (χ1) is 18.8. The van der Waals surface area contributed by atoms with Gasteiger partial charge in [-0.05, 0) is 68.1 Å². The molecule has 2 aromatic heterocycles. The second-order valence-corrected chi connectivity index (χ2v) is 11.2. The van der Waals surface area contributed by atoms with Crippen molar-refractivity contribution in [2.24, 2.45) is 5.92 Å². The zero-order chi connectivity index (χ0) is 27.5. The lowest BCUT2D eigenvalue weighted by molar-refractivity contribution is -0.611. The van der Waals surface area contributed by atoms with Crippen molar-refractivity contribution in [2.75, 3.05) is 18.9 Å². The van der Waals surface area contributed by atoms with E-state index >= 15 is 0 Å². The van der Waals surface area contributed by atoms with Crippen LogP contribution in [0.3, 0.4) is 0 Å². The van der Waals surface area contributed by atoms with Crippen LogP contribution in [0.1, 0.15) is 66.0 Å². The van der Waals surface area contributed by atoms with Gasteiger partial charge in [-0.1, -0.05) is 37.8 Å².